The number of rotatable bonds is 3. The predicted octanol–water partition coefficient (Wildman–Crippen LogP) is 3.43. The molecule has 0 unspecified atom stereocenters. The quantitative estimate of drug-likeness (QED) is 0.743. The molecule has 0 bridgehead atoms. The first-order chi connectivity index (χ1) is 6.83. The number of thioether (sulfide) groups is 1. The summed E-state index contributed by atoms with van der Waals surface area (Å²) in [5, 5.41) is 1.40. The van der Waals surface area contributed by atoms with Crippen LogP contribution in [0.3, 0.4) is 0 Å². The van der Waals surface area contributed by atoms with Gasteiger partial charge in [-0.25, -0.2) is 0 Å². The van der Waals surface area contributed by atoms with Crippen molar-refractivity contribution in [3.8, 4) is 0 Å². The molecule has 2 rings (SSSR count). The Morgan fingerprint density at radius 2 is 2.07 bits per heavy atom. The number of aromatic nitrogens is 1. The Morgan fingerprint density at radius 1 is 1.29 bits per heavy atom. The number of aryl methyl sites for hydroxylation is 1. The summed E-state index contributed by atoms with van der Waals surface area (Å²) < 4.78 is 2.21. The number of hydrogen-bond donors (Lipinski definition) is 0. The van der Waals surface area contributed by atoms with Crippen LogP contribution in [0.5, 0.6) is 0 Å². The van der Waals surface area contributed by atoms with E-state index in [9.17, 15) is 0 Å². The minimum absolute atomic E-state index is 1.12. The van der Waals surface area contributed by atoms with E-state index in [2.05, 4.69) is 49.0 Å². The van der Waals surface area contributed by atoms with Gasteiger partial charge in [-0.2, -0.15) is 11.8 Å². The maximum absolute atomic E-state index is 2.24. The highest BCUT2D eigenvalue weighted by Gasteiger charge is 2.04. The van der Waals surface area contributed by atoms with Gasteiger partial charge in [0.1, 0.15) is 0 Å². The third kappa shape index (κ3) is 1.67. The molecule has 0 aliphatic heterocycles. The van der Waals surface area contributed by atoms with Gasteiger partial charge in [0.15, 0.2) is 0 Å². The second-order valence-corrected chi connectivity index (χ2v) is 4.69. The van der Waals surface area contributed by atoms with Crippen LogP contribution in [0.25, 0.3) is 10.9 Å². The molecule has 0 aliphatic carbocycles. The Morgan fingerprint density at radius 3 is 2.86 bits per heavy atom. The molecule has 0 spiro atoms. The number of fused-ring (bicyclic) bond motifs is 1. The molecule has 0 aliphatic rings. The van der Waals surface area contributed by atoms with E-state index in [1.165, 1.54) is 22.2 Å². The zero-order chi connectivity index (χ0) is 9.97. The van der Waals surface area contributed by atoms with E-state index in [1.807, 2.05) is 11.8 Å². The first-order valence-electron chi connectivity index (χ1n) is 4.93. The fourth-order valence-corrected chi connectivity index (χ4v) is 2.41. The van der Waals surface area contributed by atoms with Crippen molar-refractivity contribution in [2.45, 2.75) is 12.7 Å². The number of hydrogen-bond acceptors (Lipinski definition) is 1. The zero-order valence-corrected chi connectivity index (χ0v) is 9.47. The third-order valence-electron chi connectivity index (χ3n) is 2.44. The molecule has 1 aromatic heterocycles. The van der Waals surface area contributed by atoms with Gasteiger partial charge in [-0.3, -0.25) is 0 Å². The molecule has 0 saturated carbocycles. The lowest BCUT2D eigenvalue weighted by Crippen LogP contribution is -1.82. The van der Waals surface area contributed by atoms with Gasteiger partial charge in [0, 0.05) is 29.9 Å². The van der Waals surface area contributed by atoms with E-state index in [-0.39, 0.29) is 0 Å². The lowest BCUT2D eigenvalue weighted by atomic mass is 10.2. The van der Waals surface area contributed by atoms with Gasteiger partial charge in [-0.15, -0.1) is 0 Å². The Kier molecular flexibility index (Phi) is 2.82. The van der Waals surface area contributed by atoms with Gasteiger partial charge in [0.05, 0.1) is 0 Å². The molecule has 2 aromatic rings. The second kappa shape index (κ2) is 4.09. The van der Waals surface area contributed by atoms with Crippen molar-refractivity contribution in [2.75, 3.05) is 5.75 Å². The first-order valence-corrected chi connectivity index (χ1v) is 6.09. The third-order valence-corrected chi connectivity index (χ3v) is 3.36. The molecule has 1 heterocycles. The van der Waals surface area contributed by atoms with Crippen LogP contribution < -0.4 is 0 Å². The molecule has 0 atom stereocenters. The number of nitrogens with zero attached hydrogens (tertiary/aromatic N) is 1. The summed E-state index contributed by atoms with van der Waals surface area (Å²) in [5.41, 5.74) is 2.79. The van der Waals surface area contributed by atoms with Crippen LogP contribution in [-0.4, -0.2) is 10.3 Å². The molecule has 14 heavy (non-hydrogen) atoms. The van der Waals surface area contributed by atoms with Gasteiger partial charge >= 0.3 is 0 Å². The van der Waals surface area contributed by atoms with Crippen molar-refractivity contribution in [3.05, 3.63) is 36.0 Å². The van der Waals surface area contributed by atoms with E-state index >= 15 is 0 Å². The van der Waals surface area contributed by atoms with Crippen molar-refractivity contribution in [1.29, 1.82) is 0 Å². The molecule has 74 valence electrons. The fourth-order valence-electron chi connectivity index (χ4n) is 1.75. The minimum atomic E-state index is 1.12. The van der Waals surface area contributed by atoms with Crippen LogP contribution in [0.4, 0.5) is 0 Å². The summed E-state index contributed by atoms with van der Waals surface area (Å²) in [4.78, 5) is 0. The lowest BCUT2D eigenvalue weighted by molar-refractivity contribution is 0.963. The first kappa shape index (κ1) is 9.66. The average molecular weight is 205 g/mol. The molecule has 0 fully saturated rings. The Hall–Kier alpha value is -0.890. The van der Waals surface area contributed by atoms with Crippen LogP contribution in [-0.2, 0) is 12.8 Å². The average Bonchev–Trinajstić information content (AvgIpc) is 2.54. The molecule has 1 aromatic carbocycles. The number of benzene rings is 1. The van der Waals surface area contributed by atoms with E-state index in [1.54, 1.807) is 0 Å². The summed E-state index contributed by atoms with van der Waals surface area (Å²) >= 11 is 1.98. The van der Waals surface area contributed by atoms with Crippen molar-refractivity contribution < 1.29 is 0 Å². The van der Waals surface area contributed by atoms with Crippen molar-refractivity contribution in [1.82, 2.24) is 4.57 Å². The summed E-state index contributed by atoms with van der Waals surface area (Å²) in [7, 11) is 2.11. The van der Waals surface area contributed by atoms with E-state index < -0.39 is 0 Å². The molecule has 0 amide bonds. The molecule has 0 N–H and O–H groups in total. The van der Waals surface area contributed by atoms with Crippen LogP contribution in [0, 0.1) is 0 Å². The zero-order valence-electron chi connectivity index (χ0n) is 8.66. The van der Waals surface area contributed by atoms with Crippen LogP contribution in [0.1, 0.15) is 12.5 Å². The minimum Gasteiger partial charge on any atom is -0.350 e. The van der Waals surface area contributed by atoms with Crippen molar-refractivity contribution >= 4 is 22.7 Å². The highest BCUT2D eigenvalue weighted by molar-refractivity contribution is 7.98. The van der Waals surface area contributed by atoms with Gasteiger partial charge in [-0.05, 0) is 17.4 Å². The smallest absolute Gasteiger partial charge is 0.0480 e. The van der Waals surface area contributed by atoms with Crippen LogP contribution >= 0.6 is 11.8 Å². The van der Waals surface area contributed by atoms with Gasteiger partial charge in [-0.1, -0.05) is 25.1 Å². The van der Waals surface area contributed by atoms with Gasteiger partial charge in [0.2, 0.25) is 0 Å². The summed E-state index contributed by atoms with van der Waals surface area (Å²) in [6, 6.07) is 8.60. The number of para-hydroxylation sites is 1. The van der Waals surface area contributed by atoms with Crippen molar-refractivity contribution in [3.63, 3.8) is 0 Å². The van der Waals surface area contributed by atoms with Crippen LogP contribution in [0.2, 0.25) is 0 Å². The van der Waals surface area contributed by atoms with Gasteiger partial charge < -0.3 is 4.57 Å². The highest BCUT2D eigenvalue weighted by atomic mass is 32.2. The second-order valence-electron chi connectivity index (χ2n) is 3.42. The fraction of sp³-hybridized carbons (Fsp3) is 0.333. The summed E-state index contributed by atoms with van der Waals surface area (Å²) in [6.45, 7) is 2.20. The molecule has 2 heteroatoms. The largest absolute Gasteiger partial charge is 0.350 e. The maximum Gasteiger partial charge on any atom is 0.0480 e. The molecular formula is C12H15NS. The van der Waals surface area contributed by atoms with Crippen LogP contribution in [0.15, 0.2) is 30.5 Å². The summed E-state index contributed by atoms with van der Waals surface area (Å²) in [5.74, 6) is 2.31. The van der Waals surface area contributed by atoms with Gasteiger partial charge in [0.25, 0.3) is 0 Å². The molecule has 0 radical (unpaired) electrons. The predicted molar refractivity (Wildman–Crippen MR) is 64.8 cm³/mol. The highest BCUT2D eigenvalue weighted by Crippen LogP contribution is 2.23. The van der Waals surface area contributed by atoms with E-state index in [0.29, 0.717) is 0 Å². The SMILES string of the molecule is CCSCc1cn(C)c2ccccc12. The monoisotopic (exact) mass is 205 g/mol. The molecule has 1 nitrogen and oxygen atoms in total. The lowest BCUT2D eigenvalue weighted by Gasteiger charge is -1.96. The maximum atomic E-state index is 2.24. The topological polar surface area (TPSA) is 4.93 Å². The van der Waals surface area contributed by atoms with E-state index in [4.69, 9.17) is 0 Å². The molecule has 0 saturated heterocycles. The van der Waals surface area contributed by atoms with Crippen molar-refractivity contribution in [2.24, 2.45) is 7.05 Å². The Bertz CT molecular complexity index is 431. The standard InChI is InChI=1S/C12H15NS/c1-3-14-9-10-8-13(2)12-7-5-4-6-11(10)12/h4-8H,3,9H2,1-2H3. The van der Waals surface area contributed by atoms with E-state index in [0.717, 1.165) is 5.75 Å². The summed E-state index contributed by atoms with van der Waals surface area (Å²) in [6.07, 6.45) is 2.24. The Labute approximate surface area is 89.1 Å². The normalized spacial score (nSPS) is 11.0. The Balaban J connectivity index is 2.44. The molecular weight excluding hydrogens is 190 g/mol.